The summed E-state index contributed by atoms with van der Waals surface area (Å²) in [5, 5.41) is 3.16. The molecule has 0 spiro atoms. The number of nitrogens with one attached hydrogen (secondary N) is 1. The fourth-order valence-electron chi connectivity index (χ4n) is 1.98. The van der Waals surface area contributed by atoms with Gasteiger partial charge in [0.05, 0.1) is 13.2 Å². The van der Waals surface area contributed by atoms with Crippen LogP contribution in [0.15, 0.2) is 12.1 Å². The van der Waals surface area contributed by atoms with E-state index in [0.29, 0.717) is 37.0 Å². The molecule has 2 rings (SSSR count). The predicted molar refractivity (Wildman–Crippen MR) is 77.0 cm³/mol. The van der Waals surface area contributed by atoms with Crippen molar-refractivity contribution in [1.29, 1.82) is 0 Å². The second kappa shape index (κ2) is 6.24. The number of nitrogens with zero attached hydrogens (tertiary/aromatic N) is 1. The molecule has 108 valence electrons. The highest BCUT2D eigenvalue weighted by atomic mass is 35.5. The van der Waals surface area contributed by atoms with Crippen LogP contribution < -0.4 is 5.32 Å². The summed E-state index contributed by atoms with van der Waals surface area (Å²) in [4.78, 5) is 25.4. The molecule has 0 saturated carbocycles. The van der Waals surface area contributed by atoms with Crippen molar-refractivity contribution in [3.63, 3.8) is 0 Å². The third kappa shape index (κ3) is 3.29. The lowest BCUT2D eigenvalue weighted by atomic mass is 10.1. The van der Waals surface area contributed by atoms with E-state index >= 15 is 0 Å². The first-order chi connectivity index (χ1) is 9.49. The summed E-state index contributed by atoms with van der Waals surface area (Å²) in [7, 11) is 0. The molecule has 20 heavy (non-hydrogen) atoms. The zero-order valence-electron chi connectivity index (χ0n) is 11.5. The topological polar surface area (TPSA) is 58.6 Å². The lowest BCUT2D eigenvalue weighted by molar-refractivity contribution is -0.145. The Hall–Kier alpha value is -1.59. The Morgan fingerprint density at radius 1 is 1.25 bits per heavy atom. The third-order valence-corrected chi connectivity index (χ3v) is 3.75. The molecule has 6 heteroatoms. The zero-order valence-corrected chi connectivity index (χ0v) is 12.3. The van der Waals surface area contributed by atoms with Gasteiger partial charge in [0.1, 0.15) is 0 Å². The number of hydrogen-bond donors (Lipinski definition) is 1. The van der Waals surface area contributed by atoms with E-state index in [2.05, 4.69) is 5.32 Å². The zero-order chi connectivity index (χ0) is 14.7. The summed E-state index contributed by atoms with van der Waals surface area (Å²) in [6.07, 6.45) is 0. The molecule has 0 radical (unpaired) electrons. The number of amides is 2. The van der Waals surface area contributed by atoms with Gasteiger partial charge in [-0.3, -0.25) is 9.59 Å². The molecule has 1 aromatic carbocycles. The van der Waals surface area contributed by atoms with E-state index in [1.54, 1.807) is 12.1 Å². The van der Waals surface area contributed by atoms with Crippen molar-refractivity contribution in [2.45, 2.75) is 13.8 Å². The van der Waals surface area contributed by atoms with Gasteiger partial charge < -0.3 is 15.0 Å². The van der Waals surface area contributed by atoms with Crippen molar-refractivity contribution in [1.82, 2.24) is 4.90 Å². The Balaban J connectivity index is 2.05. The van der Waals surface area contributed by atoms with Crippen LogP contribution in [0.25, 0.3) is 0 Å². The van der Waals surface area contributed by atoms with E-state index < -0.39 is 11.8 Å². The molecule has 1 fully saturated rings. The van der Waals surface area contributed by atoms with Crippen LogP contribution in [0.5, 0.6) is 0 Å². The van der Waals surface area contributed by atoms with Gasteiger partial charge in [0, 0.05) is 23.8 Å². The van der Waals surface area contributed by atoms with Crippen molar-refractivity contribution < 1.29 is 14.3 Å². The fraction of sp³-hybridized carbons (Fsp3) is 0.429. The maximum absolute atomic E-state index is 12.0. The predicted octanol–water partition coefficient (Wildman–Crippen LogP) is 1.75. The second-order valence-electron chi connectivity index (χ2n) is 4.76. The summed E-state index contributed by atoms with van der Waals surface area (Å²) >= 11 is 6.07. The highest BCUT2D eigenvalue weighted by Crippen LogP contribution is 2.24. The minimum atomic E-state index is -0.647. The fourth-order valence-corrected chi connectivity index (χ4v) is 2.25. The number of halogens is 1. The third-order valence-electron chi connectivity index (χ3n) is 3.35. The molecule has 2 amide bonds. The summed E-state index contributed by atoms with van der Waals surface area (Å²) in [5.74, 6) is -1.19. The quantitative estimate of drug-likeness (QED) is 0.803. The van der Waals surface area contributed by atoms with Crippen LogP contribution in [0.4, 0.5) is 5.69 Å². The van der Waals surface area contributed by atoms with Gasteiger partial charge in [0.15, 0.2) is 0 Å². The van der Waals surface area contributed by atoms with Crippen molar-refractivity contribution in [2.24, 2.45) is 0 Å². The Kier molecular flexibility index (Phi) is 4.62. The smallest absolute Gasteiger partial charge is 0.313 e. The summed E-state index contributed by atoms with van der Waals surface area (Å²) < 4.78 is 5.15. The van der Waals surface area contributed by atoms with Crippen molar-refractivity contribution in [3.05, 3.63) is 28.3 Å². The molecular weight excluding hydrogens is 280 g/mol. The number of hydrogen-bond acceptors (Lipinski definition) is 3. The van der Waals surface area contributed by atoms with Gasteiger partial charge in [-0.2, -0.15) is 0 Å². The summed E-state index contributed by atoms with van der Waals surface area (Å²) in [6.45, 7) is 5.63. The maximum atomic E-state index is 12.0. The van der Waals surface area contributed by atoms with Crippen LogP contribution in [0, 0.1) is 13.8 Å². The number of ether oxygens (including phenoxy) is 1. The van der Waals surface area contributed by atoms with Crippen LogP contribution in [-0.4, -0.2) is 43.0 Å². The van der Waals surface area contributed by atoms with Gasteiger partial charge in [-0.25, -0.2) is 0 Å². The largest absolute Gasteiger partial charge is 0.378 e. The molecule has 1 heterocycles. The number of carbonyl (C=O) groups excluding carboxylic acids is 2. The molecular formula is C14H17ClN2O3. The van der Waals surface area contributed by atoms with Crippen molar-refractivity contribution in [2.75, 3.05) is 31.6 Å². The van der Waals surface area contributed by atoms with Gasteiger partial charge in [-0.05, 0) is 37.1 Å². The number of aryl methyl sites for hydroxylation is 1. The lowest BCUT2D eigenvalue weighted by Gasteiger charge is -2.26. The molecule has 0 aliphatic carbocycles. The van der Waals surface area contributed by atoms with Gasteiger partial charge in [-0.1, -0.05) is 11.6 Å². The van der Waals surface area contributed by atoms with E-state index in [0.717, 1.165) is 11.1 Å². The highest BCUT2D eigenvalue weighted by Gasteiger charge is 2.23. The summed E-state index contributed by atoms with van der Waals surface area (Å²) in [5.41, 5.74) is 2.46. The van der Waals surface area contributed by atoms with Crippen molar-refractivity contribution >= 4 is 29.1 Å². The van der Waals surface area contributed by atoms with Crippen LogP contribution in [0.1, 0.15) is 11.1 Å². The van der Waals surface area contributed by atoms with E-state index in [9.17, 15) is 9.59 Å². The number of rotatable bonds is 1. The number of anilines is 1. The maximum Gasteiger partial charge on any atom is 0.313 e. The van der Waals surface area contributed by atoms with Gasteiger partial charge in [0.2, 0.25) is 0 Å². The molecule has 5 nitrogen and oxygen atoms in total. The minimum absolute atomic E-state index is 0.444. The van der Waals surface area contributed by atoms with Crippen molar-refractivity contribution in [3.8, 4) is 0 Å². The van der Waals surface area contributed by atoms with Crippen LogP contribution >= 0.6 is 11.6 Å². The molecule has 1 saturated heterocycles. The number of benzene rings is 1. The Morgan fingerprint density at radius 2 is 1.90 bits per heavy atom. The SMILES string of the molecule is Cc1cc(NC(=O)C(=O)N2CCOCC2)cc(Cl)c1C. The molecule has 0 unspecified atom stereocenters. The summed E-state index contributed by atoms with van der Waals surface area (Å²) in [6, 6.07) is 3.44. The minimum Gasteiger partial charge on any atom is -0.378 e. The first kappa shape index (κ1) is 14.8. The normalized spacial score (nSPS) is 15.1. The van der Waals surface area contributed by atoms with E-state index in [1.807, 2.05) is 13.8 Å². The Labute approximate surface area is 122 Å². The van der Waals surface area contributed by atoms with E-state index in [4.69, 9.17) is 16.3 Å². The van der Waals surface area contributed by atoms with Crippen LogP contribution in [0.2, 0.25) is 5.02 Å². The molecule has 1 aliphatic heterocycles. The van der Waals surface area contributed by atoms with E-state index in [-0.39, 0.29) is 0 Å². The van der Waals surface area contributed by atoms with Gasteiger partial charge in [-0.15, -0.1) is 0 Å². The molecule has 0 atom stereocenters. The lowest BCUT2D eigenvalue weighted by Crippen LogP contribution is -2.45. The molecule has 0 aromatic heterocycles. The van der Waals surface area contributed by atoms with Gasteiger partial charge >= 0.3 is 11.8 Å². The average molecular weight is 297 g/mol. The van der Waals surface area contributed by atoms with Crippen LogP contribution in [0.3, 0.4) is 0 Å². The molecule has 1 aromatic rings. The second-order valence-corrected chi connectivity index (χ2v) is 5.17. The Bertz CT molecular complexity index is 516. The van der Waals surface area contributed by atoms with Crippen LogP contribution in [-0.2, 0) is 14.3 Å². The molecule has 1 N–H and O–H groups in total. The number of carbonyl (C=O) groups is 2. The standard InChI is InChI=1S/C14H17ClN2O3/c1-9-7-11(8-12(15)10(9)2)16-13(18)14(19)17-3-5-20-6-4-17/h7-8H,3-6H2,1-2H3,(H,16,18). The van der Waals surface area contributed by atoms with Gasteiger partial charge in [0.25, 0.3) is 0 Å². The average Bonchev–Trinajstić information content (AvgIpc) is 2.44. The Morgan fingerprint density at radius 3 is 2.50 bits per heavy atom. The van der Waals surface area contributed by atoms with E-state index in [1.165, 1.54) is 4.90 Å². The molecule has 0 bridgehead atoms. The molecule has 1 aliphatic rings. The monoisotopic (exact) mass is 296 g/mol. The first-order valence-corrected chi connectivity index (χ1v) is 6.81. The first-order valence-electron chi connectivity index (χ1n) is 6.44. The number of morpholine rings is 1. The highest BCUT2D eigenvalue weighted by molar-refractivity contribution is 6.39.